The van der Waals surface area contributed by atoms with Gasteiger partial charge in [0.15, 0.2) is 0 Å². The number of aromatic nitrogens is 2. The molecular weight excluding hydrogens is 224 g/mol. The third kappa shape index (κ3) is 1.77. The van der Waals surface area contributed by atoms with Crippen LogP contribution in [0, 0.1) is 0 Å². The van der Waals surface area contributed by atoms with E-state index in [4.69, 9.17) is 5.73 Å². The van der Waals surface area contributed by atoms with E-state index in [0.717, 1.165) is 17.0 Å². The summed E-state index contributed by atoms with van der Waals surface area (Å²) in [5.41, 5.74) is 7.79. The smallest absolute Gasteiger partial charge is 0.130 e. The zero-order valence-electron chi connectivity index (χ0n) is 11.0. The molecule has 4 heteroatoms. The van der Waals surface area contributed by atoms with Gasteiger partial charge in [-0.25, -0.2) is 4.98 Å². The van der Waals surface area contributed by atoms with Crippen LogP contribution in [0.25, 0.3) is 5.52 Å². The van der Waals surface area contributed by atoms with Gasteiger partial charge >= 0.3 is 0 Å². The minimum absolute atomic E-state index is 0.425. The predicted octanol–water partition coefficient (Wildman–Crippen LogP) is 2.46. The van der Waals surface area contributed by atoms with Crippen LogP contribution in [-0.4, -0.2) is 26.9 Å². The summed E-state index contributed by atoms with van der Waals surface area (Å²) in [5.74, 6) is 1.13. The quantitative estimate of drug-likeness (QED) is 0.882. The molecule has 1 aliphatic heterocycles. The minimum atomic E-state index is 0.425. The van der Waals surface area contributed by atoms with Crippen LogP contribution in [0.15, 0.2) is 24.5 Å². The van der Waals surface area contributed by atoms with Crippen molar-refractivity contribution in [3.63, 3.8) is 0 Å². The highest BCUT2D eigenvalue weighted by molar-refractivity contribution is 5.52. The lowest BCUT2D eigenvalue weighted by Crippen LogP contribution is -2.31. The van der Waals surface area contributed by atoms with Gasteiger partial charge in [0.2, 0.25) is 0 Å². The summed E-state index contributed by atoms with van der Waals surface area (Å²) in [5, 5.41) is 0. The molecule has 0 bridgehead atoms. The van der Waals surface area contributed by atoms with Gasteiger partial charge in [-0.2, -0.15) is 0 Å². The third-order valence-corrected chi connectivity index (χ3v) is 3.83. The predicted molar refractivity (Wildman–Crippen MR) is 73.4 cm³/mol. The Labute approximate surface area is 107 Å². The van der Waals surface area contributed by atoms with Crippen LogP contribution in [0.2, 0.25) is 0 Å². The molecule has 1 atom stereocenters. The van der Waals surface area contributed by atoms with Gasteiger partial charge in [-0.3, -0.25) is 4.90 Å². The van der Waals surface area contributed by atoms with E-state index in [-0.39, 0.29) is 0 Å². The Hall–Kier alpha value is -1.55. The van der Waals surface area contributed by atoms with Gasteiger partial charge in [-0.1, -0.05) is 0 Å². The molecule has 2 N–H and O–H groups in total. The number of pyridine rings is 1. The number of likely N-dealkylation sites (tertiary alicyclic amines) is 1. The van der Waals surface area contributed by atoms with Crippen LogP contribution in [0.5, 0.6) is 0 Å². The normalized spacial score (nSPS) is 21.2. The summed E-state index contributed by atoms with van der Waals surface area (Å²) >= 11 is 0. The molecule has 96 valence electrons. The van der Waals surface area contributed by atoms with E-state index in [1.807, 2.05) is 24.5 Å². The zero-order chi connectivity index (χ0) is 12.7. The lowest BCUT2D eigenvalue weighted by molar-refractivity contribution is 0.198. The first kappa shape index (κ1) is 11.5. The van der Waals surface area contributed by atoms with Gasteiger partial charge in [-0.05, 0) is 45.4 Å². The van der Waals surface area contributed by atoms with Crippen LogP contribution in [0.4, 0.5) is 5.69 Å². The van der Waals surface area contributed by atoms with Gasteiger partial charge < -0.3 is 10.1 Å². The van der Waals surface area contributed by atoms with Crippen molar-refractivity contribution in [1.82, 2.24) is 14.3 Å². The first-order valence-electron chi connectivity index (χ1n) is 6.65. The highest BCUT2D eigenvalue weighted by Crippen LogP contribution is 2.33. The Morgan fingerprint density at radius 2 is 2.22 bits per heavy atom. The summed E-state index contributed by atoms with van der Waals surface area (Å²) in [6.07, 6.45) is 6.35. The van der Waals surface area contributed by atoms with E-state index in [1.165, 1.54) is 19.4 Å². The largest absolute Gasteiger partial charge is 0.398 e. The molecule has 3 heterocycles. The Morgan fingerprint density at radius 1 is 1.39 bits per heavy atom. The highest BCUT2D eigenvalue weighted by atomic mass is 15.2. The number of fused-ring (bicyclic) bond motifs is 1. The Bertz CT molecular complexity index is 558. The number of nitrogen functional groups attached to an aromatic ring is 1. The molecule has 0 aromatic carbocycles. The van der Waals surface area contributed by atoms with Crippen molar-refractivity contribution in [3.8, 4) is 0 Å². The molecule has 3 rings (SSSR count). The van der Waals surface area contributed by atoms with Crippen molar-refractivity contribution >= 4 is 11.2 Å². The number of hydrogen-bond donors (Lipinski definition) is 1. The zero-order valence-corrected chi connectivity index (χ0v) is 11.0. The van der Waals surface area contributed by atoms with Crippen molar-refractivity contribution in [3.05, 3.63) is 30.4 Å². The van der Waals surface area contributed by atoms with E-state index in [2.05, 4.69) is 28.1 Å². The maximum absolute atomic E-state index is 5.88. The average molecular weight is 244 g/mol. The Morgan fingerprint density at radius 3 is 3.00 bits per heavy atom. The van der Waals surface area contributed by atoms with Crippen LogP contribution in [0.1, 0.15) is 38.6 Å². The molecule has 18 heavy (non-hydrogen) atoms. The number of nitrogens with zero attached hydrogens (tertiary/aromatic N) is 3. The van der Waals surface area contributed by atoms with Gasteiger partial charge in [0.1, 0.15) is 5.82 Å². The molecule has 0 radical (unpaired) electrons. The fourth-order valence-corrected chi connectivity index (χ4v) is 2.96. The van der Waals surface area contributed by atoms with E-state index >= 15 is 0 Å². The van der Waals surface area contributed by atoms with Crippen LogP contribution in [0.3, 0.4) is 0 Å². The SMILES string of the molecule is CC(C)N1CCCC1c1ncc2ccc(N)cn12. The fourth-order valence-electron chi connectivity index (χ4n) is 2.96. The first-order valence-corrected chi connectivity index (χ1v) is 6.65. The molecule has 2 aromatic rings. The van der Waals surface area contributed by atoms with Crippen molar-refractivity contribution in [2.75, 3.05) is 12.3 Å². The monoisotopic (exact) mass is 244 g/mol. The number of anilines is 1. The molecule has 1 fully saturated rings. The van der Waals surface area contributed by atoms with Crippen molar-refractivity contribution in [2.24, 2.45) is 0 Å². The second kappa shape index (κ2) is 4.28. The van der Waals surface area contributed by atoms with Crippen molar-refractivity contribution < 1.29 is 0 Å². The third-order valence-electron chi connectivity index (χ3n) is 3.83. The Balaban J connectivity index is 2.06. The summed E-state index contributed by atoms with van der Waals surface area (Å²) in [6.45, 7) is 5.67. The standard InChI is InChI=1S/C14H20N4/c1-10(2)17-7-3-4-13(17)14-16-8-12-6-5-11(15)9-18(12)14/h5-6,8-10,13H,3-4,7,15H2,1-2H3. The van der Waals surface area contributed by atoms with Crippen molar-refractivity contribution in [1.29, 1.82) is 0 Å². The number of nitrogens with two attached hydrogens (primary N) is 1. The average Bonchev–Trinajstić information content (AvgIpc) is 2.92. The van der Waals surface area contributed by atoms with Crippen LogP contribution < -0.4 is 5.73 Å². The molecule has 0 aliphatic carbocycles. The molecule has 0 saturated carbocycles. The molecule has 1 unspecified atom stereocenters. The maximum atomic E-state index is 5.88. The highest BCUT2D eigenvalue weighted by Gasteiger charge is 2.30. The number of hydrogen-bond acceptors (Lipinski definition) is 3. The molecular formula is C14H20N4. The fraction of sp³-hybridized carbons (Fsp3) is 0.500. The van der Waals surface area contributed by atoms with Crippen LogP contribution in [-0.2, 0) is 0 Å². The summed E-state index contributed by atoms with van der Waals surface area (Å²) in [7, 11) is 0. The molecule has 2 aromatic heterocycles. The van der Waals surface area contributed by atoms with Crippen LogP contribution >= 0.6 is 0 Å². The van der Waals surface area contributed by atoms with Gasteiger partial charge in [0, 0.05) is 17.9 Å². The number of rotatable bonds is 2. The molecule has 1 aliphatic rings. The second-order valence-corrected chi connectivity index (χ2v) is 5.36. The summed E-state index contributed by atoms with van der Waals surface area (Å²) in [4.78, 5) is 7.14. The molecule has 1 saturated heterocycles. The van der Waals surface area contributed by atoms with E-state index in [1.54, 1.807) is 0 Å². The second-order valence-electron chi connectivity index (χ2n) is 5.36. The lowest BCUT2D eigenvalue weighted by Gasteiger charge is -2.27. The number of imidazole rings is 1. The Kier molecular flexibility index (Phi) is 2.74. The van der Waals surface area contributed by atoms with E-state index in [9.17, 15) is 0 Å². The maximum Gasteiger partial charge on any atom is 0.130 e. The molecule has 0 spiro atoms. The van der Waals surface area contributed by atoms with Gasteiger partial charge in [0.25, 0.3) is 0 Å². The molecule has 4 nitrogen and oxygen atoms in total. The first-order chi connectivity index (χ1) is 8.66. The van der Waals surface area contributed by atoms with E-state index < -0.39 is 0 Å². The summed E-state index contributed by atoms with van der Waals surface area (Å²) in [6, 6.07) is 4.94. The lowest BCUT2D eigenvalue weighted by atomic mass is 10.2. The molecule has 0 amide bonds. The van der Waals surface area contributed by atoms with E-state index in [0.29, 0.717) is 12.1 Å². The van der Waals surface area contributed by atoms with Gasteiger partial charge in [0.05, 0.1) is 17.8 Å². The summed E-state index contributed by atoms with van der Waals surface area (Å²) < 4.78 is 2.14. The topological polar surface area (TPSA) is 46.6 Å². The van der Waals surface area contributed by atoms with Crippen molar-refractivity contribution in [2.45, 2.75) is 38.8 Å². The van der Waals surface area contributed by atoms with Gasteiger partial charge in [-0.15, -0.1) is 0 Å². The minimum Gasteiger partial charge on any atom is -0.398 e.